The largest absolute Gasteiger partial charge is 0.508 e. The molecule has 1 N–H and O–H groups in total. The van der Waals surface area contributed by atoms with Crippen LogP contribution in [0.5, 0.6) is 5.75 Å². The van der Waals surface area contributed by atoms with Crippen molar-refractivity contribution >= 4 is 12.6 Å². The molecular formula is C19H26O3. The molecule has 1 fully saturated rings. The Labute approximate surface area is 132 Å². The number of aldehydes is 2. The van der Waals surface area contributed by atoms with E-state index < -0.39 is 5.41 Å². The first-order valence-electron chi connectivity index (χ1n) is 8.07. The van der Waals surface area contributed by atoms with Gasteiger partial charge in [0.15, 0.2) is 0 Å². The number of hydrogen-bond acceptors (Lipinski definition) is 3. The van der Waals surface area contributed by atoms with E-state index in [2.05, 4.69) is 20.8 Å². The van der Waals surface area contributed by atoms with Gasteiger partial charge in [-0.05, 0) is 47.9 Å². The molecule has 0 heterocycles. The van der Waals surface area contributed by atoms with Gasteiger partial charge in [0.25, 0.3) is 0 Å². The lowest BCUT2D eigenvalue weighted by atomic mass is 9.54. The number of benzene rings is 1. The molecule has 0 aliphatic heterocycles. The van der Waals surface area contributed by atoms with Crippen LogP contribution in [0, 0.1) is 11.3 Å². The number of carbonyl (C=O) groups is 2. The maximum Gasteiger partial charge on any atom is 0.150 e. The highest BCUT2D eigenvalue weighted by atomic mass is 16.3. The second-order valence-corrected chi connectivity index (χ2v) is 7.41. The van der Waals surface area contributed by atoms with Gasteiger partial charge in [0.2, 0.25) is 0 Å². The van der Waals surface area contributed by atoms with Gasteiger partial charge in [-0.15, -0.1) is 0 Å². The van der Waals surface area contributed by atoms with Gasteiger partial charge in [-0.3, -0.25) is 4.79 Å². The van der Waals surface area contributed by atoms with Gasteiger partial charge >= 0.3 is 0 Å². The fourth-order valence-electron chi connectivity index (χ4n) is 4.25. The van der Waals surface area contributed by atoms with E-state index in [4.69, 9.17) is 0 Å². The van der Waals surface area contributed by atoms with Crippen LogP contribution in [0.15, 0.2) is 12.1 Å². The van der Waals surface area contributed by atoms with E-state index in [1.165, 1.54) is 0 Å². The van der Waals surface area contributed by atoms with Crippen LogP contribution >= 0.6 is 0 Å². The topological polar surface area (TPSA) is 54.4 Å². The van der Waals surface area contributed by atoms with Crippen molar-refractivity contribution < 1.29 is 14.7 Å². The van der Waals surface area contributed by atoms with Crippen LogP contribution in [-0.2, 0) is 16.6 Å². The van der Waals surface area contributed by atoms with Gasteiger partial charge in [0.05, 0.1) is 0 Å². The molecule has 1 aromatic rings. The highest BCUT2D eigenvalue weighted by Gasteiger charge is 2.48. The third kappa shape index (κ3) is 2.57. The first-order valence-corrected chi connectivity index (χ1v) is 8.07. The predicted molar refractivity (Wildman–Crippen MR) is 87.4 cm³/mol. The van der Waals surface area contributed by atoms with Crippen molar-refractivity contribution in [1.82, 2.24) is 0 Å². The monoisotopic (exact) mass is 302 g/mol. The van der Waals surface area contributed by atoms with Crippen molar-refractivity contribution in [3.05, 3.63) is 28.8 Å². The molecule has 2 rings (SSSR count). The highest BCUT2D eigenvalue weighted by molar-refractivity contribution is 5.80. The van der Waals surface area contributed by atoms with E-state index in [9.17, 15) is 14.7 Å². The van der Waals surface area contributed by atoms with E-state index >= 15 is 0 Å². The third-order valence-electron chi connectivity index (χ3n) is 5.56. The van der Waals surface area contributed by atoms with Crippen LogP contribution in [-0.4, -0.2) is 17.7 Å². The SMILES string of the molecule is CCc1cc(C=O)c([C@@]2(C)CCCC(C)(C)[C@@H]2C=O)cc1O. The van der Waals surface area contributed by atoms with Crippen molar-refractivity contribution in [3.8, 4) is 5.75 Å². The Balaban J connectivity index is 2.64. The summed E-state index contributed by atoms with van der Waals surface area (Å²) in [6, 6.07) is 3.48. The van der Waals surface area contributed by atoms with Gasteiger partial charge in [0, 0.05) is 16.9 Å². The quantitative estimate of drug-likeness (QED) is 0.854. The van der Waals surface area contributed by atoms with Crippen molar-refractivity contribution in [2.45, 2.75) is 58.8 Å². The normalized spacial score (nSPS) is 27.4. The van der Waals surface area contributed by atoms with E-state index in [0.717, 1.165) is 43.0 Å². The maximum atomic E-state index is 11.8. The summed E-state index contributed by atoms with van der Waals surface area (Å²) in [5.41, 5.74) is 1.66. The Kier molecular flexibility index (Phi) is 4.46. The first-order chi connectivity index (χ1) is 10.3. The summed E-state index contributed by atoms with van der Waals surface area (Å²) in [6.07, 6.45) is 5.43. The highest BCUT2D eigenvalue weighted by Crippen LogP contribution is 2.52. The second-order valence-electron chi connectivity index (χ2n) is 7.41. The van der Waals surface area contributed by atoms with E-state index in [0.29, 0.717) is 12.0 Å². The molecule has 0 spiro atoms. The summed E-state index contributed by atoms with van der Waals surface area (Å²) in [5.74, 6) is 0.0525. The summed E-state index contributed by atoms with van der Waals surface area (Å²) in [5, 5.41) is 10.2. The molecule has 0 amide bonds. The van der Waals surface area contributed by atoms with Crippen molar-refractivity contribution in [1.29, 1.82) is 0 Å². The minimum Gasteiger partial charge on any atom is -0.508 e. The van der Waals surface area contributed by atoms with Crippen molar-refractivity contribution in [3.63, 3.8) is 0 Å². The Morgan fingerprint density at radius 2 is 1.91 bits per heavy atom. The number of carbonyl (C=O) groups excluding carboxylic acids is 2. The van der Waals surface area contributed by atoms with Crippen LogP contribution in [0.1, 0.15) is 68.4 Å². The van der Waals surface area contributed by atoms with Crippen LogP contribution < -0.4 is 0 Å². The van der Waals surface area contributed by atoms with Gasteiger partial charge < -0.3 is 9.90 Å². The Bertz CT molecular complexity index is 589. The molecule has 2 atom stereocenters. The van der Waals surface area contributed by atoms with Crippen molar-refractivity contribution in [2.24, 2.45) is 11.3 Å². The summed E-state index contributed by atoms with van der Waals surface area (Å²) in [4.78, 5) is 23.4. The summed E-state index contributed by atoms with van der Waals surface area (Å²) >= 11 is 0. The van der Waals surface area contributed by atoms with Crippen LogP contribution in [0.2, 0.25) is 0 Å². The van der Waals surface area contributed by atoms with Gasteiger partial charge in [0.1, 0.15) is 18.3 Å². The number of phenols is 1. The van der Waals surface area contributed by atoms with Crippen LogP contribution in [0.4, 0.5) is 0 Å². The third-order valence-corrected chi connectivity index (χ3v) is 5.56. The lowest BCUT2D eigenvalue weighted by Crippen LogP contribution is -2.46. The molecule has 120 valence electrons. The lowest BCUT2D eigenvalue weighted by molar-refractivity contribution is -0.119. The smallest absolute Gasteiger partial charge is 0.150 e. The number of hydrogen-bond donors (Lipinski definition) is 1. The summed E-state index contributed by atoms with van der Waals surface area (Å²) < 4.78 is 0. The first kappa shape index (κ1) is 16.7. The minimum absolute atomic E-state index is 0.103. The molecule has 1 aromatic carbocycles. The number of rotatable bonds is 4. The van der Waals surface area contributed by atoms with E-state index in [-0.39, 0.29) is 17.1 Å². The Morgan fingerprint density at radius 3 is 2.45 bits per heavy atom. The summed E-state index contributed by atoms with van der Waals surface area (Å²) in [7, 11) is 0. The molecule has 1 saturated carbocycles. The molecule has 0 saturated heterocycles. The predicted octanol–water partition coefficient (Wildman–Crippen LogP) is 4.05. The van der Waals surface area contributed by atoms with E-state index in [1.54, 1.807) is 12.1 Å². The number of aryl methyl sites for hydroxylation is 1. The maximum absolute atomic E-state index is 11.8. The zero-order chi connectivity index (χ0) is 16.5. The molecule has 3 nitrogen and oxygen atoms in total. The number of phenolic OH excluding ortho intramolecular Hbond substituents is 1. The van der Waals surface area contributed by atoms with Gasteiger partial charge in [-0.1, -0.05) is 34.1 Å². The Hall–Kier alpha value is -1.64. The van der Waals surface area contributed by atoms with Crippen LogP contribution in [0.25, 0.3) is 0 Å². The second kappa shape index (κ2) is 5.86. The molecule has 0 bridgehead atoms. The molecule has 0 aromatic heterocycles. The average molecular weight is 302 g/mol. The van der Waals surface area contributed by atoms with Crippen LogP contribution in [0.3, 0.4) is 0 Å². The molecule has 1 aliphatic carbocycles. The standard InChI is InChI=1S/C19H26O3/c1-5-13-9-14(11-20)15(10-16(13)22)19(4)8-6-7-18(2,3)17(19)12-21/h9-12,17,22H,5-8H2,1-4H3/t17-,19+/m0/s1. The molecule has 3 heteroatoms. The molecule has 1 aliphatic rings. The van der Waals surface area contributed by atoms with Crippen molar-refractivity contribution in [2.75, 3.05) is 0 Å². The molecule has 0 radical (unpaired) electrons. The van der Waals surface area contributed by atoms with Gasteiger partial charge in [-0.25, -0.2) is 0 Å². The van der Waals surface area contributed by atoms with Gasteiger partial charge in [-0.2, -0.15) is 0 Å². The molecule has 0 unspecified atom stereocenters. The minimum atomic E-state index is -0.413. The fourth-order valence-corrected chi connectivity index (χ4v) is 4.25. The number of aromatic hydroxyl groups is 1. The van der Waals surface area contributed by atoms with E-state index in [1.807, 2.05) is 6.92 Å². The Morgan fingerprint density at radius 1 is 1.23 bits per heavy atom. The molecular weight excluding hydrogens is 276 g/mol. The summed E-state index contributed by atoms with van der Waals surface area (Å²) in [6.45, 7) is 8.23. The zero-order valence-corrected chi connectivity index (χ0v) is 14.0. The fraction of sp³-hybridized carbons (Fsp3) is 0.579. The zero-order valence-electron chi connectivity index (χ0n) is 14.0. The lowest BCUT2D eigenvalue weighted by Gasteiger charge is -2.49. The molecule has 22 heavy (non-hydrogen) atoms. The average Bonchev–Trinajstić information content (AvgIpc) is 2.46.